The molecular formula is C17H18ClFN2O3S. The fourth-order valence-electron chi connectivity index (χ4n) is 2.20. The molecule has 0 aliphatic carbocycles. The van der Waals surface area contributed by atoms with Gasteiger partial charge in [-0.3, -0.25) is 9.10 Å². The number of sulfonamides is 1. The number of halogens is 2. The Bertz CT molecular complexity index is 870. The molecule has 1 N–H and O–H groups in total. The van der Waals surface area contributed by atoms with Crippen LogP contribution in [0.25, 0.3) is 0 Å². The molecular weight excluding hydrogens is 367 g/mol. The number of hydrogen-bond acceptors (Lipinski definition) is 3. The van der Waals surface area contributed by atoms with E-state index in [1.807, 2.05) is 6.92 Å². The van der Waals surface area contributed by atoms with Crippen molar-refractivity contribution in [3.8, 4) is 0 Å². The number of nitrogens with one attached hydrogen (secondary N) is 1. The summed E-state index contributed by atoms with van der Waals surface area (Å²) in [7, 11) is -3.54. The van der Waals surface area contributed by atoms with Crippen molar-refractivity contribution in [3.63, 3.8) is 0 Å². The minimum Gasteiger partial charge on any atom is -0.350 e. The lowest BCUT2D eigenvalue weighted by Crippen LogP contribution is -2.38. The third-order valence-electron chi connectivity index (χ3n) is 3.55. The van der Waals surface area contributed by atoms with Crippen LogP contribution in [0.5, 0.6) is 0 Å². The molecule has 0 aliphatic rings. The minimum absolute atomic E-state index is 0.0468. The molecule has 0 fully saturated rings. The van der Waals surface area contributed by atoms with Crippen molar-refractivity contribution in [1.29, 1.82) is 0 Å². The van der Waals surface area contributed by atoms with Gasteiger partial charge in [-0.25, -0.2) is 12.8 Å². The molecule has 2 aromatic rings. The van der Waals surface area contributed by atoms with Crippen molar-refractivity contribution in [1.82, 2.24) is 5.32 Å². The van der Waals surface area contributed by atoms with Gasteiger partial charge in [0.05, 0.1) is 18.5 Å². The highest BCUT2D eigenvalue weighted by atomic mass is 35.5. The summed E-state index contributed by atoms with van der Waals surface area (Å²) in [6.45, 7) is 1.96. The lowest BCUT2D eigenvalue weighted by molar-refractivity contribution is 0.0955. The van der Waals surface area contributed by atoms with Gasteiger partial charge >= 0.3 is 0 Å². The van der Waals surface area contributed by atoms with Gasteiger partial charge in [-0.05, 0) is 48.9 Å². The number of rotatable bonds is 6. The second-order valence-electron chi connectivity index (χ2n) is 5.53. The fourth-order valence-corrected chi connectivity index (χ4v) is 3.29. The lowest BCUT2D eigenvalue weighted by atomic mass is 10.2. The van der Waals surface area contributed by atoms with E-state index in [4.69, 9.17) is 11.6 Å². The zero-order valence-corrected chi connectivity index (χ0v) is 15.4. The highest BCUT2D eigenvalue weighted by molar-refractivity contribution is 7.92. The van der Waals surface area contributed by atoms with Crippen LogP contribution in [-0.2, 0) is 10.0 Å². The highest BCUT2D eigenvalue weighted by Crippen LogP contribution is 2.24. The normalized spacial score (nSPS) is 11.2. The van der Waals surface area contributed by atoms with Crippen LogP contribution in [0.2, 0.25) is 5.02 Å². The molecule has 0 aliphatic heterocycles. The first kappa shape index (κ1) is 19.2. The van der Waals surface area contributed by atoms with Gasteiger partial charge in [0.25, 0.3) is 5.91 Å². The number of anilines is 1. The molecule has 25 heavy (non-hydrogen) atoms. The molecule has 2 rings (SSSR count). The molecule has 0 radical (unpaired) electrons. The van der Waals surface area contributed by atoms with E-state index in [1.165, 1.54) is 28.6 Å². The first-order valence-electron chi connectivity index (χ1n) is 7.46. The Morgan fingerprint density at radius 3 is 2.40 bits per heavy atom. The SMILES string of the molecule is Cc1ccc(N(CCNC(=O)c2ccc(F)cc2)S(C)(=O)=O)cc1Cl. The van der Waals surface area contributed by atoms with Gasteiger partial charge in [-0.2, -0.15) is 0 Å². The first-order valence-corrected chi connectivity index (χ1v) is 9.69. The van der Waals surface area contributed by atoms with E-state index in [0.29, 0.717) is 16.3 Å². The summed E-state index contributed by atoms with van der Waals surface area (Å²) in [4.78, 5) is 12.0. The van der Waals surface area contributed by atoms with E-state index in [1.54, 1.807) is 18.2 Å². The third-order valence-corrected chi connectivity index (χ3v) is 5.15. The number of amides is 1. The van der Waals surface area contributed by atoms with Gasteiger partial charge in [0, 0.05) is 17.1 Å². The number of benzene rings is 2. The van der Waals surface area contributed by atoms with Gasteiger partial charge < -0.3 is 5.32 Å². The molecule has 8 heteroatoms. The molecule has 0 saturated heterocycles. The van der Waals surface area contributed by atoms with Crippen LogP contribution in [0.3, 0.4) is 0 Å². The monoisotopic (exact) mass is 384 g/mol. The standard InChI is InChI=1S/C17H18ClFN2O3S/c1-12-3-8-15(11-16(12)18)21(25(2,23)24)10-9-20-17(22)13-4-6-14(19)7-5-13/h3-8,11H,9-10H2,1-2H3,(H,20,22). The Balaban J connectivity index is 2.07. The molecule has 0 aromatic heterocycles. The molecule has 134 valence electrons. The quantitative estimate of drug-likeness (QED) is 0.832. The molecule has 2 aromatic carbocycles. The summed E-state index contributed by atoms with van der Waals surface area (Å²) in [5.74, 6) is -0.841. The van der Waals surface area contributed by atoms with Crippen LogP contribution in [-0.4, -0.2) is 33.7 Å². The summed E-state index contributed by atoms with van der Waals surface area (Å²) in [5, 5.41) is 3.08. The van der Waals surface area contributed by atoms with Gasteiger partial charge in [0.15, 0.2) is 0 Å². The summed E-state index contributed by atoms with van der Waals surface area (Å²) in [6.07, 6.45) is 1.09. The zero-order valence-electron chi connectivity index (χ0n) is 13.8. The number of nitrogens with zero attached hydrogens (tertiary/aromatic N) is 1. The average Bonchev–Trinajstić information content (AvgIpc) is 2.53. The molecule has 0 unspecified atom stereocenters. The highest BCUT2D eigenvalue weighted by Gasteiger charge is 2.18. The van der Waals surface area contributed by atoms with E-state index >= 15 is 0 Å². The summed E-state index contributed by atoms with van der Waals surface area (Å²) >= 11 is 6.06. The largest absolute Gasteiger partial charge is 0.350 e. The van der Waals surface area contributed by atoms with Crippen molar-refractivity contribution in [2.24, 2.45) is 0 Å². The smallest absolute Gasteiger partial charge is 0.251 e. The Morgan fingerprint density at radius 1 is 1.20 bits per heavy atom. The van der Waals surface area contributed by atoms with Crippen molar-refractivity contribution in [3.05, 3.63) is 64.4 Å². The van der Waals surface area contributed by atoms with E-state index in [9.17, 15) is 17.6 Å². The third kappa shape index (κ3) is 5.17. The first-order chi connectivity index (χ1) is 11.7. The van der Waals surface area contributed by atoms with E-state index in [0.717, 1.165) is 11.8 Å². The number of carbonyl (C=O) groups is 1. The maximum atomic E-state index is 12.9. The predicted molar refractivity (Wildman–Crippen MR) is 97.1 cm³/mol. The number of carbonyl (C=O) groups excluding carboxylic acids is 1. The van der Waals surface area contributed by atoms with Gasteiger partial charge in [0.1, 0.15) is 5.82 Å². The lowest BCUT2D eigenvalue weighted by Gasteiger charge is -2.23. The van der Waals surface area contributed by atoms with Crippen LogP contribution in [0.15, 0.2) is 42.5 Å². The molecule has 0 saturated carbocycles. The average molecular weight is 385 g/mol. The topological polar surface area (TPSA) is 66.5 Å². The van der Waals surface area contributed by atoms with Crippen molar-refractivity contribution >= 4 is 33.2 Å². The molecule has 5 nitrogen and oxygen atoms in total. The predicted octanol–water partition coefficient (Wildman–Crippen LogP) is 2.98. The summed E-state index contributed by atoms with van der Waals surface area (Å²) in [5.41, 5.74) is 1.56. The van der Waals surface area contributed by atoms with E-state index < -0.39 is 21.7 Å². The van der Waals surface area contributed by atoms with Crippen LogP contribution in [0.1, 0.15) is 15.9 Å². The van der Waals surface area contributed by atoms with Crippen LogP contribution < -0.4 is 9.62 Å². The molecule has 0 heterocycles. The Hall–Kier alpha value is -2.12. The van der Waals surface area contributed by atoms with Crippen LogP contribution >= 0.6 is 11.6 Å². The Kier molecular flexibility index (Phi) is 6.02. The van der Waals surface area contributed by atoms with Gasteiger partial charge in [0.2, 0.25) is 10.0 Å². The van der Waals surface area contributed by atoms with E-state index in [2.05, 4.69) is 5.32 Å². The summed E-state index contributed by atoms with van der Waals surface area (Å²) in [6, 6.07) is 10.0. The maximum absolute atomic E-state index is 12.9. The van der Waals surface area contributed by atoms with Crippen LogP contribution in [0, 0.1) is 12.7 Å². The van der Waals surface area contributed by atoms with E-state index in [-0.39, 0.29) is 13.1 Å². The number of hydrogen-bond donors (Lipinski definition) is 1. The molecule has 1 amide bonds. The zero-order chi connectivity index (χ0) is 18.6. The second-order valence-corrected chi connectivity index (χ2v) is 7.85. The number of aryl methyl sites for hydroxylation is 1. The van der Waals surface area contributed by atoms with Gasteiger partial charge in [-0.1, -0.05) is 17.7 Å². The second kappa shape index (κ2) is 7.84. The minimum atomic E-state index is -3.54. The van der Waals surface area contributed by atoms with Crippen molar-refractivity contribution in [2.75, 3.05) is 23.7 Å². The Labute approximate surface area is 151 Å². The summed E-state index contributed by atoms with van der Waals surface area (Å²) < 4.78 is 38.1. The molecule has 0 bridgehead atoms. The Morgan fingerprint density at radius 2 is 1.84 bits per heavy atom. The molecule has 0 atom stereocenters. The van der Waals surface area contributed by atoms with Crippen molar-refractivity contribution < 1.29 is 17.6 Å². The van der Waals surface area contributed by atoms with Gasteiger partial charge in [-0.15, -0.1) is 0 Å². The maximum Gasteiger partial charge on any atom is 0.251 e. The van der Waals surface area contributed by atoms with Crippen LogP contribution in [0.4, 0.5) is 10.1 Å². The molecule has 0 spiro atoms. The van der Waals surface area contributed by atoms with Crippen molar-refractivity contribution in [2.45, 2.75) is 6.92 Å². The fraction of sp³-hybridized carbons (Fsp3) is 0.235.